The molecular formula is C23H25FN6O2. The Balaban J connectivity index is 1.42. The van der Waals surface area contributed by atoms with E-state index in [1.54, 1.807) is 23.1 Å². The van der Waals surface area contributed by atoms with Gasteiger partial charge in [-0.1, -0.05) is 5.16 Å². The summed E-state index contributed by atoms with van der Waals surface area (Å²) in [6.45, 7) is 2.34. The van der Waals surface area contributed by atoms with Gasteiger partial charge in [-0.2, -0.15) is 0 Å². The minimum absolute atomic E-state index is 0.155. The van der Waals surface area contributed by atoms with E-state index in [-0.39, 0.29) is 23.5 Å². The van der Waals surface area contributed by atoms with Crippen LogP contribution in [0.4, 0.5) is 10.2 Å². The zero-order valence-electron chi connectivity index (χ0n) is 18.1. The van der Waals surface area contributed by atoms with E-state index in [0.29, 0.717) is 23.6 Å². The Hall–Kier alpha value is -3.33. The first-order chi connectivity index (χ1) is 15.5. The lowest BCUT2D eigenvalue weighted by Crippen LogP contribution is -2.33. The molecule has 2 aliphatic heterocycles. The van der Waals surface area contributed by atoms with Gasteiger partial charge in [0, 0.05) is 43.9 Å². The molecule has 3 aromatic rings. The van der Waals surface area contributed by atoms with Crippen LogP contribution in [0, 0.1) is 5.82 Å². The second-order valence-corrected chi connectivity index (χ2v) is 8.33. The Labute approximate surface area is 185 Å². The van der Waals surface area contributed by atoms with E-state index in [0.717, 1.165) is 49.4 Å². The van der Waals surface area contributed by atoms with E-state index in [1.807, 2.05) is 7.05 Å². The van der Waals surface area contributed by atoms with Crippen molar-refractivity contribution in [1.82, 2.24) is 24.9 Å². The number of anilines is 1. The molecule has 32 heavy (non-hydrogen) atoms. The van der Waals surface area contributed by atoms with Gasteiger partial charge in [-0.25, -0.2) is 14.4 Å². The number of aromatic nitrogens is 3. The average molecular weight is 436 g/mol. The van der Waals surface area contributed by atoms with Crippen LogP contribution in [0.25, 0.3) is 11.3 Å². The summed E-state index contributed by atoms with van der Waals surface area (Å²) in [7, 11) is 3.95. The highest BCUT2D eigenvalue weighted by Crippen LogP contribution is 2.34. The third-order valence-corrected chi connectivity index (χ3v) is 6.18. The maximum absolute atomic E-state index is 13.3. The average Bonchev–Trinajstić information content (AvgIpc) is 3.48. The van der Waals surface area contributed by atoms with Crippen LogP contribution in [0.5, 0.6) is 0 Å². The molecule has 1 amide bonds. The smallest absolute Gasteiger partial charge is 0.293 e. The first kappa shape index (κ1) is 20.6. The summed E-state index contributed by atoms with van der Waals surface area (Å²) in [6, 6.07) is 7.31. The molecule has 0 spiro atoms. The van der Waals surface area contributed by atoms with Crippen LogP contribution in [0.3, 0.4) is 0 Å². The molecule has 9 heteroatoms. The molecule has 1 fully saturated rings. The molecule has 8 nitrogen and oxygen atoms in total. The second-order valence-electron chi connectivity index (χ2n) is 8.33. The minimum atomic E-state index is -0.328. The van der Waals surface area contributed by atoms with Gasteiger partial charge in [-0.05, 0) is 50.6 Å². The molecule has 1 N–H and O–H groups in total. The van der Waals surface area contributed by atoms with Crippen LogP contribution in [0.2, 0.25) is 0 Å². The van der Waals surface area contributed by atoms with Crippen LogP contribution >= 0.6 is 0 Å². The van der Waals surface area contributed by atoms with E-state index < -0.39 is 0 Å². The van der Waals surface area contributed by atoms with Crippen LogP contribution < -0.4 is 5.32 Å². The van der Waals surface area contributed by atoms with Crippen molar-refractivity contribution in [3.63, 3.8) is 0 Å². The second kappa shape index (κ2) is 8.31. The molecule has 1 unspecified atom stereocenters. The number of rotatable bonds is 4. The van der Waals surface area contributed by atoms with E-state index >= 15 is 0 Å². The summed E-state index contributed by atoms with van der Waals surface area (Å²) in [5.74, 6) is 1.09. The topological polar surface area (TPSA) is 87.4 Å². The predicted octanol–water partition coefficient (Wildman–Crippen LogP) is 3.28. The lowest BCUT2D eigenvalue weighted by atomic mass is 10.0. The number of likely N-dealkylation sites (N-methyl/N-ethyl adjacent to an activating group) is 1. The molecule has 2 aliphatic rings. The van der Waals surface area contributed by atoms with Gasteiger partial charge >= 0.3 is 0 Å². The van der Waals surface area contributed by atoms with Gasteiger partial charge in [-0.15, -0.1) is 0 Å². The highest BCUT2D eigenvalue weighted by Gasteiger charge is 2.35. The number of nitrogens with one attached hydrogen (secondary N) is 1. The van der Waals surface area contributed by atoms with Crippen molar-refractivity contribution in [3.05, 3.63) is 59.0 Å². The van der Waals surface area contributed by atoms with Gasteiger partial charge in [0.15, 0.2) is 5.82 Å². The predicted molar refractivity (Wildman–Crippen MR) is 117 cm³/mol. The Morgan fingerprint density at radius 1 is 1.22 bits per heavy atom. The molecule has 4 heterocycles. The molecule has 0 saturated carbocycles. The number of benzene rings is 1. The van der Waals surface area contributed by atoms with Gasteiger partial charge in [0.05, 0.1) is 11.7 Å². The van der Waals surface area contributed by atoms with Gasteiger partial charge in [0.1, 0.15) is 17.3 Å². The number of carbonyl (C=O) groups excluding carboxylic acids is 1. The summed E-state index contributed by atoms with van der Waals surface area (Å²) in [4.78, 5) is 26.9. The Morgan fingerprint density at radius 2 is 2.03 bits per heavy atom. The summed E-state index contributed by atoms with van der Waals surface area (Å²) in [5.41, 5.74) is 3.36. The first-order valence-electron chi connectivity index (χ1n) is 10.8. The number of hydrogen-bond acceptors (Lipinski definition) is 7. The number of fused-ring (bicyclic) bond motifs is 1. The Morgan fingerprint density at radius 3 is 2.81 bits per heavy atom. The fourth-order valence-corrected chi connectivity index (χ4v) is 4.49. The lowest BCUT2D eigenvalue weighted by molar-refractivity contribution is 0.0687. The molecule has 0 bridgehead atoms. The van der Waals surface area contributed by atoms with Gasteiger partial charge in [0.2, 0.25) is 5.76 Å². The van der Waals surface area contributed by atoms with Crippen LogP contribution in [0.15, 0.2) is 34.9 Å². The number of nitrogens with zero attached hydrogens (tertiary/aromatic N) is 5. The van der Waals surface area contributed by atoms with Crippen LogP contribution in [-0.4, -0.2) is 58.0 Å². The largest absolute Gasteiger partial charge is 0.373 e. The standard InChI is InChI=1S/C23H25FN6O2/c1-25-21-16-9-11-29(2)13-18(16)26-22(27-21)19-4-3-10-30(19)23(31)20-12-17(28-32-20)14-5-7-15(24)8-6-14/h5-8,12,19H,3-4,9-11,13H2,1-2H3,(H,25,26,27). The Kier molecular flexibility index (Phi) is 5.34. The summed E-state index contributed by atoms with van der Waals surface area (Å²) < 4.78 is 18.6. The van der Waals surface area contributed by atoms with Crippen molar-refractivity contribution in [2.45, 2.75) is 31.8 Å². The van der Waals surface area contributed by atoms with E-state index in [1.165, 1.54) is 12.1 Å². The molecule has 1 aromatic carbocycles. The van der Waals surface area contributed by atoms with Crippen molar-refractivity contribution in [3.8, 4) is 11.3 Å². The van der Waals surface area contributed by atoms with Crippen molar-refractivity contribution >= 4 is 11.7 Å². The first-order valence-corrected chi connectivity index (χ1v) is 10.8. The van der Waals surface area contributed by atoms with E-state index in [4.69, 9.17) is 14.5 Å². The SMILES string of the molecule is CNc1nc(C2CCCN2C(=O)c2cc(-c3ccc(F)cc3)no2)nc2c1CCN(C)C2. The monoisotopic (exact) mass is 436 g/mol. The zero-order chi connectivity index (χ0) is 22.2. The molecule has 1 saturated heterocycles. The zero-order valence-corrected chi connectivity index (χ0v) is 18.1. The minimum Gasteiger partial charge on any atom is -0.373 e. The number of hydrogen-bond donors (Lipinski definition) is 1. The third kappa shape index (κ3) is 3.73. The van der Waals surface area contributed by atoms with Crippen molar-refractivity contribution < 1.29 is 13.7 Å². The van der Waals surface area contributed by atoms with Crippen molar-refractivity contribution in [2.24, 2.45) is 0 Å². The lowest BCUT2D eigenvalue weighted by Gasteiger charge is -2.28. The number of carbonyl (C=O) groups is 1. The van der Waals surface area contributed by atoms with Crippen molar-refractivity contribution in [2.75, 3.05) is 32.5 Å². The highest BCUT2D eigenvalue weighted by atomic mass is 19.1. The molecule has 0 aliphatic carbocycles. The molecule has 5 rings (SSSR count). The number of amides is 1. The van der Waals surface area contributed by atoms with E-state index in [9.17, 15) is 9.18 Å². The highest BCUT2D eigenvalue weighted by molar-refractivity contribution is 5.92. The molecule has 0 radical (unpaired) electrons. The van der Waals surface area contributed by atoms with Crippen LogP contribution in [0.1, 0.15) is 46.5 Å². The number of halogens is 1. The maximum Gasteiger partial charge on any atom is 0.293 e. The van der Waals surface area contributed by atoms with Crippen LogP contribution in [-0.2, 0) is 13.0 Å². The molecule has 1 atom stereocenters. The summed E-state index contributed by atoms with van der Waals surface area (Å²) in [5, 5.41) is 7.21. The fourth-order valence-electron chi connectivity index (χ4n) is 4.49. The van der Waals surface area contributed by atoms with Gasteiger partial charge < -0.3 is 19.6 Å². The van der Waals surface area contributed by atoms with Crippen molar-refractivity contribution in [1.29, 1.82) is 0 Å². The van der Waals surface area contributed by atoms with Gasteiger partial charge in [0.25, 0.3) is 5.91 Å². The summed E-state index contributed by atoms with van der Waals surface area (Å²) in [6.07, 6.45) is 2.56. The van der Waals surface area contributed by atoms with Gasteiger partial charge in [-0.3, -0.25) is 4.79 Å². The summed E-state index contributed by atoms with van der Waals surface area (Å²) >= 11 is 0. The third-order valence-electron chi connectivity index (χ3n) is 6.18. The molecule has 166 valence electrons. The quantitative estimate of drug-likeness (QED) is 0.672. The number of likely N-dealkylation sites (tertiary alicyclic amines) is 1. The normalized spacial score (nSPS) is 18.6. The fraction of sp³-hybridized carbons (Fsp3) is 0.391. The molecule has 2 aromatic heterocycles. The molecular weight excluding hydrogens is 411 g/mol. The van der Waals surface area contributed by atoms with E-state index in [2.05, 4.69) is 22.4 Å². The Bertz CT molecular complexity index is 1150. The maximum atomic E-state index is 13.3.